The normalized spacial score (nSPS) is 22.2. The number of pyridine rings is 2. The Labute approximate surface area is 243 Å². The average Bonchev–Trinajstić information content (AvgIpc) is 3.28. The lowest BCUT2D eigenvalue weighted by molar-refractivity contribution is 0.0485. The highest BCUT2D eigenvalue weighted by molar-refractivity contribution is 6.29. The van der Waals surface area contributed by atoms with E-state index in [4.69, 9.17) is 21.4 Å². The Morgan fingerprint density at radius 3 is 2.68 bits per heavy atom. The van der Waals surface area contributed by atoms with Crippen LogP contribution in [0.2, 0.25) is 5.15 Å². The van der Waals surface area contributed by atoms with E-state index < -0.39 is 11.7 Å². The number of rotatable bonds is 5. The van der Waals surface area contributed by atoms with E-state index in [1.165, 1.54) is 12.8 Å². The Hall–Kier alpha value is -3.59. The topological polar surface area (TPSA) is 93.8 Å². The van der Waals surface area contributed by atoms with E-state index in [0.717, 1.165) is 52.9 Å². The SMILES string of the molecule is Cc1c(-c2cc3ccc(Cl)nc3n2CC2CC2)nn2cc(C(=O)N3CC4CCC3[C@@H]4NC(=O)OC(C)(C)C)ccc12. The molecule has 2 aliphatic carbocycles. The number of ether oxygens (including phenoxy) is 1. The van der Waals surface area contributed by atoms with Gasteiger partial charge >= 0.3 is 6.09 Å². The number of nitrogens with zero attached hydrogens (tertiary/aromatic N) is 5. The minimum Gasteiger partial charge on any atom is -0.444 e. The van der Waals surface area contributed by atoms with Gasteiger partial charge in [-0.25, -0.2) is 14.3 Å². The number of aromatic nitrogens is 4. The van der Waals surface area contributed by atoms with Crippen LogP contribution in [-0.4, -0.2) is 60.3 Å². The van der Waals surface area contributed by atoms with Crippen LogP contribution in [0.4, 0.5) is 4.79 Å². The molecule has 9 nitrogen and oxygen atoms in total. The fourth-order valence-corrected chi connectivity index (χ4v) is 6.79. The zero-order valence-corrected chi connectivity index (χ0v) is 24.6. The molecule has 7 rings (SSSR count). The summed E-state index contributed by atoms with van der Waals surface area (Å²) in [5.74, 6) is 0.844. The number of likely N-dealkylation sites (tertiary alicyclic amines) is 1. The third kappa shape index (κ3) is 4.74. The number of carbonyl (C=O) groups excluding carboxylic acids is 2. The van der Waals surface area contributed by atoms with E-state index >= 15 is 0 Å². The molecular formula is C31H35ClN6O3. The molecule has 10 heteroatoms. The number of alkyl carbamates (subject to hydrolysis) is 1. The highest BCUT2D eigenvalue weighted by atomic mass is 35.5. The molecule has 4 aromatic heterocycles. The lowest BCUT2D eigenvalue weighted by atomic mass is 10.1. The van der Waals surface area contributed by atoms with E-state index in [0.29, 0.717) is 23.2 Å². The molecule has 4 aromatic rings. The van der Waals surface area contributed by atoms with Crippen LogP contribution < -0.4 is 5.32 Å². The van der Waals surface area contributed by atoms with Crippen molar-refractivity contribution in [3.63, 3.8) is 0 Å². The molecule has 2 saturated carbocycles. The quantitative estimate of drug-likeness (QED) is 0.302. The molecule has 41 heavy (non-hydrogen) atoms. The molecule has 3 aliphatic rings. The zero-order valence-electron chi connectivity index (χ0n) is 23.9. The van der Waals surface area contributed by atoms with Crippen molar-refractivity contribution in [1.82, 2.24) is 29.4 Å². The van der Waals surface area contributed by atoms with Crippen molar-refractivity contribution in [3.8, 4) is 11.4 Å². The third-order valence-electron chi connectivity index (χ3n) is 8.74. The van der Waals surface area contributed by atoms with Gasteiger partial charge in [0.1, 0.15) is 22.1 Å². The van der Waals surface area contributed by atoms with Crippen molar-refractivity contribution in [2.45, 2.75) is 77.6 Å². The molecule has 0 aromatic carbocycles. The summed E-state index contributed by atoms with van der Waals surface area (Å²) in [4.78, 5) is 32.8. The van der Waals surface area contributed by atoms with Gasteiger partial charge in [0.15, 0.2) is 0 Å². The van der Waals surface area contributed by atoms with E-state index in [9.17, 15) is 9.59 Å². The fraction of sp³-hybridized carbons (Fsp3) is 0.484. The van der Waals surface area contributed by atoms with Gasteiger partial charge in [0.05, 0.1) is 28.9 Å². The summed E-state index contributed by atoms with van der Waals surface area (Å²) < 4.78 is 9.55. The third-order valence-corrected chi connectivity index (χ3v) is 8.96. The largest absolute Gasteiger partial charge is 0.444 e. The van der Waals surface area contributed by atoms with Crippen LogP contribution >= 0.6 is 11.6 Å². The number of amides is 2. The number of nitrogens with one attached hydrogen (secondary N) is 1. The van der Waals surface area contributed by atoms with Gasteiger partial charge in [-0.2, -0.15) is 5.10 Å². The standard InChI is InChI=1S/C31H35ClN6O3/c1-17-22-10-8-21(29(39)37-15-20-7-11-23(37)27(20)34-30(40)41-31(2,3)4)16-38(22)35-26(17)24-13-19-9-12-25(32)33-28(19)36(24)14-18-5-6-18/h8-10,12-13,16,18,20,23,27H,5-7,11,14-15H2,1-4H3,(H,34,40)/t20?,23?,27-/m1/s1. The average molecular weight is 575 g/mol. The van der Waals surface area contributed by atoms with Crippen LogP contribution in [0.25, 0.3) is 27.9 Å². The monoisotopic (exact) mass is 574 g/mol. The number of fused-ring (bicyclic) bond motifs is 4. The number of carbonyl (C=O) groups is 2. The van der Waals surface area contributed by atoms with Crippen molar-refractivity contribution >= 4 is 40.2 Å². The molecular weight excluding hydrogens is 540 g/mol. The molecule has 0 radical (unpaired) electrons. The minimum atomic E-state index is -0.566. The minimum absolute atomic E-state index is 0.0357. The number of hydrogen-bond acceptors (Lipinski definition) is 5. The Kier molecular flexibility index (Phi) is 6.08. The van der Waals surface area contributed by atoms with E-state index in [-0.39, 0.29) is 23.9 Å². The Balaban J connectivity index is 1.18. The summed E-state index contributed by atoms with van der Waals surface area (Å²) >= 11 is 6.27. The van der Waals surface area contributed by atoms with Gasteiger partial charge in [-0.1, -0.05) is 11.6 Å². The summed E-state index contributed by atoms with van der Waals surface area (Å²) in [5.41, 5.74) is 4.81. The molecule has 1 saturated heterocycles. The molecule has 214 valence electrons. The van der Waals surface area contributed by atoms with E-state index in [1.807, 2.05) is 60.6 Å². The van der Waals surface area contributed by atoms with Crippen molar-refractivity contribution in [2.24, 2.45) is 11.8 Å². The number of hydrogen-bond donors (Lipinski definition) is 1. The Morgan fingerprint density at radius 1 is 1.12 bits per heavy atom. The van der Waals surface area contributed by atoms with Gasteiger partial charge in [-0.05, 0) is 95.5 Å². The lowest BCUT2D eigenvalue weighted by Gasteiger charge is -2.28. The molecule has 2 amide bonds. The van der Waals surface area contributed by atoms with E-state index in [1.54, 1.807) is 0 Å². The first-order valence-electron chi connectivity index (χ1n) is 14.5. The lowest BCUT2D eigenvalue weighted by Crippen LogP contribution is -2.46. The summed E-state index contributed by atoms with van der Waals surface area (Å²) in [6, 6.07) is 9.71. The van der Waals surface area contributed by atoms with Crippen LogP contribution in [0.1, 0.15) is 62.4 Å². The number of piperidine rings is 1. The second kappa shape index (κ2) is 9.48. The second-order valence-electron chi connectivity index (χ2n) is 12.9. The van der Waals surface area contributed by atoms with Gasteiger partial charge in [0, 0.05) is 30.2 Å². The highest BCUT2D eigenvalue weighted by Gasteiger charge is 2.49. The highest BCUT2D eigenvalue weighted by Crippen LogP contribution is 2.40. The Bertz CT molecular complexity index is 1700. The maximum Gasteiger partial charge on any atom is 0.407 e. The maximum absolute atomic E-state index is 13.8. The zero-order chi connectivity index (χ0) is 28.6. The molecule has 5 heterocycles. The molecule has 2 bridgehead atoms. The van der Waals surface area contributed by atoms with Gasteiger partial charge < -0.3 is 19.5 Å². The predicted molar refractivity (Wildman–Crippen MR) is 157 cm³/mol. The molecule has 3 atom stereocenters. The first kappa shape index (κ1) is 26.3. The van der Waals surface area contributed by atoms with Gasteiger partial charge in [0.2, 0.25) is 0 Å². The molecule has 3 fully saturated rings. The summed E-state index contributed by atoms with van der Waals surface area (Å²) in [6.45, 7) is 9.14. The van der Waals surface area contributed by atoms with Gasteiger partial charge in [0.25, 0.3) is 5.91 Å². The molecule has 1 aliphatic heterocycles. The number of halogens is 1. The summed E-state index contributed by atoms with van der Waals surface area (Å²) in [6.07, 6.45) is 5.72. The van der Waals surface area contributed by atoms with Crippen LogP contribution in [-0.2, 0) is 11.3 Å². The predicted octanol–water partition coefficient (Wildman–Crippen LogP) is 5.85. The molecule has 2 unspecified atom stereocenters. The maximum atomic E-state index is 13.8. The van der Waals surface area contributed by atoms with E-state index in [2.05, 4.69) is 27.9 Å². The van der Waals surface area contributed by atoms with Crippen LogP contribution in [0.15, 0.2) is 36.5 Å². The van der Waals surface area contributed by atoms with Crippen molar-refractivity contribution in [1.29, 1.82) is 0 Å². The van der Waals surface area contributed by atoms with Gasteiger partial charge in [-0.3, -0.25) is 4.79 Å². The second-order valence-corrected chi connectivity index (χ2v) is 13.3. The molecule has 0 spiro atoms. The first-order valence-corrected chi connectivity index (χ1v) is 14.9. The van der Waals surface area contributed by atoms with Crippen molar-refractivity contribution in [3.05, 3.63) is 52.8 Å². The van der Waals surface area contributed by atoms with Gasteiger partial charge in [-0.15, -0.1) is 0 Å². The van der Waals surface area contributed by atoms with Crippen LogP contribution in [0.3, 0.4) is 0 Å². The van der Waals surface area contributed by atoms with Crippen LogP contribution in [0, 0.1) is 18.8 Å². The summed E-state index contributed by atoms with van der Waals surface area (Å²) in [5, 5.41) is 9.54. The molecule has 1 N–H and O–H groups in total. The fourth-order valence-electron chi connectivity index (χ4n) is 6.64. The van der Waals surface area contributed by atoms with Crippen molar-refractivity contribution in [2.75, 3.05) is 6.54 Å². The van der Waals surface area contributed by atoms with Crippen molar-refractivity contribution < 1.29 is 14.3 Å². The summed E-state index contributed by atoms with van der Waals surface area (Å²) in [7, 11) is 0. The number of aryl methyl sites for hydroxylation is 1. The van der Waals surface area contributed by atoms with Crippen LogP contribution in [0.5, 0.6) is 0 Å². The smallest absolute Gasteiger partial charge is 0.407 e. The first-order chi connectivity index (χ1) is 19.6. The Morgan fingerprint density at radius 2 is 1.93 bits per heavy atom.